The van der Waals surface area contributed by atoms with Crippen LogP contribution in [0.4, 0.5) is 5.69 Å². The predicted molar refractivity (Wildman–Crippen MR) is 87.5 cm³/mol. The van der Waals surface area contributed by atoms with Gasteiger partial charge in [-0.15, -0.1) is 0 Å². The summed E-state index contributed by atoms with van der Waals surface area (Å²) in [5, 5.41) is 0. The molecule has 0 saturated carbocycles. The van der Waals surface area contributed by atoms with Gasteiger partial charge in [-0.25, -0.2) is 8.42 Å². The summed E-state index contributed by atoms with van der Waals surface area (Å²) in [4.78, 5) is 12.0. The lowest BCUT2D eigenvalue weighted by atomic mass is 10.0. The van der Waals surface area contributed by atoms with Gasteiger partial charge >= 0.3 is 0 Å². The number of pyridine rings is 1. The van der Waals surface area contributed by atoms with Crippen LogP contribution >= 0.6 is 0 Å². The second-order valence-electron chi connectivity index (χ2n) is 5.69. The molecule has 6 heteroatoms. The molecule has 1 heterocycles. The first-order chi connectivity index (χ1) is 10.3. The fourth-order valence-electron chi connectivity index (χ4n) is 2.15. The van der Waals surface area contributed by atoms with Gasteiger partial charge in [0.05, 0.1) is 4.90 Å². The van der Waals surface area contributed by atoms with Gasteiger partial charge < -0.3 is 4.57 Å². The number of nitrogens with one attached hydrogen (secondary N) is 1. The van der Waals surface area contributed by atoms with E-state index >= 15 is 0 Å². The van der Waals surface area contributed by atoms with Gasteiger partial charge in [-0.05, 0) is 42.2 Å². The van der Waals surface area contributed by atoms with Crippen molar-refractivity contribution in [3.63, 3.8) is 0 Å². The topological polar surface area (TPSA) is 68.2 Å². The third kappa shape index (κ3) is 3.76. The van der Waals surface area contributed by atoms with Gasteiger partial charge in [-0.2, -0.15) is 0 Å². The van der Waals surface area contributed by atoms with Crippen LogP contribution < -0.4 is 10.3 Å². The summed E-state index contributed by atoms with van der Waals surface area (Å²) in [5.74, 6) is 0.507. The van der Waals surface area contributed by atoms with Crippen molar-refractivity contribution in [2.45, 2.75) is 25.2 Å². The van der Waals surface area contributed by atoms with Crippen molar-refractivity contribution in [1.29, 1.82) is 0 Å². The van der Waals surface area contributed by atoms with E-state index in [0.717, 1.165) is 12.0 Å². The van der Waals surface area contributed by atoms with Crippen LogP contribution in [0.15, 0.2) is 52.3 Å². The second-order valence-corrected chi connectivity index (χ2v) is 7.37. The van der Waals surface area contributed by atoms with Gasteiger partial charge in [-0.3, -0.25) is 9.52 Å². The first-order valence-corrected chi connectivity index (χ1v) is 8.55. The summed E-state index contributed by atoms with van der Waals surface area (Å²) in [6.07, 6.45) is 2.47. The molecule has 5 nitrogen and oxygen atoms in total. The Balaban J connectivity index is 2.27. The Morgan fingerprint density at radius 3 is 2.36 bits per heavy atom. The molecular formula is C16H20N2O3S. The fourth-order valence-corrected chi connectivity index (χ4v) is 3.21. The van der Waals surface area contributed by atoms with E-state index in [1.165, 1.54) is 10.6 Å². The maximum absolute atomic E-state index is 12.3. The van der Waals surface area contributed by atoms with E-state index in [-0.39, 0.29) is 16.1 Å². The monoisotopic (exact) mass is 320 g/mol. The molecule has 118 valence electrons. The maximum Gasteiger partial charge on any atom is 0.274 e. The number of aryl methyl sites for hydroxylation is 1. The highest BCUT2D eigenvalue weighted by Crippen LogP contribution is 2.16. The van der Waals surface area contributed by atoms with Gasteiger partial charge in [-0.1, -0.05) is 26.0 Å². The number of aromatic nitrogens is 1. The molecule has 0 atom stereocenters. The molecule has 1 aromatic heterocycles. The summed E-state index contributed by atoms with van der Waals surface area (Å²) < 4.78 is 28.3. The van der Waals surface area contributed by atoms with Gasteiger partial charge in [0.2, 0.25) is 0 Å². The number of benzene rings is 1. The summed E-state index contributed by atoms with van der Waals surface area (Å²) in [6, 6.07) is 9.80. The minimum atomic E-state index is -3.76. The predicted octanol–water partition coefficient (Wildman–Crippen LogP) is 2.38. The molecule has 0 aliphatic rings. The Kier molecular flexibility index (Phi) is 4.71. The Morgan fingerprint density at radius 2 is 1.77 bits per heavy atom. The van der Waals surface area contributed by atoms with Crippen LogP contribution in [-0.4, -0.2) is 13.0 Å². The van der Waals surface area contributed by atoms with Crippen molar-refractivity contribution >= 4 is 15.7 Å². The average molecular weight is 320 g/mol. The molecule has 0 amide bonds. The molecule has 0 bridgehead atoms. The third-order valence-electron chi connectivity index (χ3n) is 3.25. The highest BCUT2D eigenvalue weighted by Gasteiger charge is 2.16. The molecular weight excluding hydrogens is 300 g/mol. The number of sulfonamides is 1. The maximum atomic E-state index is 12.3. The van der Waals surface area contributed by atoms with Crippen LogP contribution in [0.5, 0.6) is 0 Å². The van der Waals surface area contributed by atoms with Crippen molar-refractivity contribution < 1.29 is 8.42 Å². The van der Waals surface area contributed by atoms with Gasteiger partial charge in [0.1, 0.15) is 5.69 Å². The fraction of sp³-hybridized carbons (Fsp3) is 0.312. The molecule has 0 radical (unpaired) electrons. The number of hydrogen-bond donors (Lipinski definition) is 1. The normalized spacial score (nSPS) is 11.6. The van der Waals surface area contributed by atoms with Crippen LogP contribution in [0.1, 0.15) is 19.4 Å². The minimum Gasteiger partial charge on any atom is -0.317 e. The third-order valence-corrected chi connectivity index (χ3v) is 4.63. The Hall–Kier alpha value is -2.08. The van der Waals surface area contributed by atoms with Crippen molar-refractivity contribution in [2.75, 3.05) is 4.72 Å². The summed E-state index contributed by atoms with van der Waals surface area (Å²) in [5.41, 5.74) is 0.739. The Morgan fingerprint density at radius 1 is 1.14 bits per heavy atom. The molecule has 0 fully saturated rings. The smallest absolute Gasteiger partial charge is 0.274 e. The van der Waals surface area contributed by atoms with Crippen LogP contribution in [-0.2, 0) is 23.5 Å². The number of hydrogen-bond acceptors (Lipinski definition) is 3. The minimum absolute atomic E-state index is 0.0382. The standard InChI is InChI=1S/C16H20N2O3S/c1-12(2)11-13-6-8-14(9-7-13)22(20,21)17-15-5-4-10-18(3)16(15)19/h4-10,12,17H,11H2,1-3H3. The van der Waals surface area contributed by atoms with Gasteiger partial charge in [0, 0.05) is 13.2 Å². The summed E-state index contributed by atoms with van der Waals surface area (Å²) in [7, 11) is -2.19. The van der Waals surface area contributed by atoms with Crippen molar-refractivity contribution in [1.82, 2.24) is 4.57 Å². The van der Waals surface area contributed by atoms with Crippen molar-refractivity contribution in [3.05, 3.63) is 58.5 Å². The second kappa shape index (κ2) is 6.36. The van der Waals surface area contributed by atoms with Gasteiger partial charge in [0.15, 0.2) is 0 Å². The number of rotatable bonds is 5. The highest BCUT2D eigenvalue weighted by molar-refractivity contribution is 7.92. The van der Waals surface area contributed by atoms with E-state index in [9.17, 15) is 13.2 Å². The van der Waals surface area contributed by atoms with Crippen molar-refractivity contribution in [3.8, 4) is 0 Å². The molecule has 0 aliphatic carbocycles. The molecule has 1 N–H and O–H groups in total. The molecule has 0 unspecified atom stereocenters. The zero-order valence-electron chi connectivity index (χ0n) is 12.9. The Labute approximate surface area is 130 Å². The summed E-state index contributed by atoms with van der Waals surface area (Å²) in [6.45, 7) is 4.22. The lowest BCUT2D eigenvalue weighted by Crippen LogP contribution is -2.23. The largest absolute Gasteiger partial charge is 0.317 e. The Bertz CT molecular complexity index is 806. The zero-order valence-corrected chi connectivity index (χ0v) is 13.7. The SMILES string of the molecule is CC(C)Cc1ccc(S(=O)(=O)Nc2cccn(C)c2=O)cc1. The van der Waals surface area contributed by atoms with Crippen molar-refractivity contribution in [2.24, 2.45) is 13.0 Å². The van der Waals surface area contributed by atoms with Gasteiger partial charge in [0.25, 0.3) is 15.6 Å². The molecule has 0 spiro atoms. The molecule has 0 saturated heterocycles. The van der Waals surface area contributed by atoms with Crippen LogP contribution in [0.2, 0.25) is 0 Å². The number of nitrogens with zero attached hydrogens (tertiary/aromatic N) is 1. The first-order valence-electron chi connectivity index (χ1n) is 7.07. The average Bonchev–Trinajstić information content (AvgIpc) is 2.44. The molecule has 2 rings (SSSR count). The molecule has 2 aromatic rings. The first kappa shape index (κ1) is 16.3. The van der Waals surface area contributed by atoms with E-state index in [1.54, 1.807) is 43.6 Å². The van der Waals surface area contributed by atoms with Crippen LogP contribution in [0.3, 0.4) is 0 Å². The lowest BCUT2D eigenvalue weighted by Gasteiger charge is -2.10. The zero-order chi connectivity index (χ0) is 16.3. The quantitative estimate of drug-likeness (QED) is 0.919. The van der Waals surface area contributed by atoms with E-state index in [2.05, 4.69) is 18.6 Å². The van der Waals surface area contributed by atoms with E-state index in [4.69, 9.17) is 0 Å². The van der Waals surface area contributed by atoms with E-state index in [1.807, 2.05) is 0 Å². The molecule has 0 aliphatic heterocycles. The van der Waals surface area contributed by atoms with Crippen LogP contribution in [0.25, 0.3) is 0 Å². The lowest BCUT2D eigenvalue weighted by molar-refractivity contribution is 0.601. The summed E-state index contributed by atoms with van der Waals surface area (Å²) >= 11 is 0. The number of anilines is 1. The van der Waals surface area contributed by atoms with Crippen LogP contribution in [0, 0.1) is 5.92 Å². The molecule has 1 aromatic carbocycles. The molecule has 22 heavy (non-hydrogen) atoms. The van der Waals surface area contributed by atoms with E-state index in [0.29, 0.717) is 5.92 Å². The highest BCUT2D eigenvalue weighted by atomic mass is 32.2. The van der Waals surface area contributed by atoms with E-state index < -0.39 is 10.0 Å².